The van der Waals surface area contributed by atoms with E-state index in [-0.39, 0.29) is 17.3 Å². The SMILES string of the molecule is O=C(Nc1cc(Cl)ccc1C(=O)O)NC1CCCCC1O. The van der Waals surface area contributed by atoms with E-state index in [0.29, 0.717) is 17.9 Å². The predicted octanol–water partition coefficient (Wildman–Crippen LogP) is 2.46. The van der Waals surface area contributed by atoms with Crippen LogP contribution in [-0.4, -0.2) is 34.4 Å². The van der Waals surface area contributed by atoms with Gasteiger partial charge in [0.05, 0.1) is 23.4 Å². The van der Waals surface area contributed by atoms with Crippen LogP contribution in [0.2, 0.25) is 5.02 Å². The van der Waals surface area contributed by atoms with Crippen LogP contribution in [0.5, 0.6) is 0 Å². The van der Waals surface area contributed by atoms with Crippen LogP contribution in [0, 0.1) is 0 Å². The smallest absolute Gasteiger partial charge is 0.337 e. The molecule has 1 saturated carbocycles. The minimum absolute atomic E-state index is 0.0428. The number of aliphatic hydroxyl groups is 1. The fourth-order valence-corrected chi connectivity index (χ4v) is 2.58. The first kappa shape index (κ1) is 15.6. The molecule has 114 valence electrons. The molecule has 0 bridgehead atoms. The summed E-state index contributed by atoms with van der Waals surface area (Å²) >= 11 is 5.82. The van der Waals surface area contributed by atoms with Crippen LogP contribution in [-0.2, 0) is 0 Å². The number of nitrogens with one attached hydrogen (secondary N) is 2. The van der Waals surface area contributed by atoms with Gasteiger partial charge in [-0.05, 0) is 31.0 Å². The van der Waals surface area contributed by atoms with Crippen LogP contribution in [0.3, 0.4) is 0 Å². The molecule has 21 heavy (non-hydrogen) atoms. The van der Waals surface area contributed by atoms with Crippen molar-refractivity contribution in [3.8, 4) is 0 Å². The van der Waals surface area contributed by atoms with E-state index in [1.54, 1.807) is 0 Å². The summed E-state index contributed by atoms with van der Waals surface area (Å²) in [5, 5.41) is 24.4. The fraction of sp³-hybridized carbons (Fsp3) is 0.429. The van der Waals surface area contributed by atoms with Crippen molar-refractivity contribution in [2.24, 2.45) is 0 Å². The van der Waals surface area contributed by atoms with E-state index in [2.05, 4.69) is 10.6 Å². The van der Waals surface area contributed by atoms with Gasteiger partial charge in [0, 0.05) is 5.02 Å². The van der Waals surface area contributed by atoms with Crippen molar-refractivity contribution in [2.45, 2.75) is 37.8 Å². The molecule has 1 fully saturated rings. The van der Waals surface area contributed by atoms with Crippen LogP contribution in [0.25, 0.3) is 0 Å². The summed E-state index contributed by atoms with van der Waals surface area (Å²) < 4.78 is 0. The first-order chi connectivity index (χ1) is 9.97. The van der Waals surface area contributed by atoms with Gasteiger partial charge in [-0.1, -0.05) is 24.4 Å². The summed E-state index contributed by atoms with van der Waals surface area (Å²) in [7, 11) is 0. The lowest BCUT2D eigenvalue weighted by molar-refractivity contribution is 0.0698. The number of anilines is 1. The Hall–Kier alpha value is -1.79. The molecule has 2 rings (SSSR count). The average molecular weight is 313 g/mol. The maximum atomic E-state index is 11.9. The molecule has 0 radical (unpaired) electrons. The number of carboxylic acid groups (broad SMARTS) is 1. The van der Waals surface area contributed by atoms with Gasteiger partial charge < -0.3 is 20.8 Å². The molecule has 2 atom stereocenters. The van der Waals surface area contributed by atoms with Crippen LogP contribution < -0.4 is 10.6 Å². The molecule has 6 nitrogen and oxygen atoms in total. The monoisotopic (exact) mass is 312 g/mol. The van der Waals surface area contributed by atoms with Crippen molar-refractivity contribution < 1.29 is 19.8 Å². The van der Waals surface area contributed by atoms with Gasteiger partial charge in [0.2, 0.25) is 0 Å². The molecule has 1 aliphatic carbocycles. The largest absolute Gasteiger partial charge is 0.478 e. The Morgan fingerprint density at radius 1 is 1.24 bits per heavy atom. The average Bonchev–Trinajstić information content (AvgIpc) is 2.41. The second-order valence-corrected chi connectivity index (χ2v) is 5.49. The lowest BCUT2D eigenvalue weighted by atomic mass is 9.93. The number of hydrogen-bond acceptors (Lipinski definition) is 3. The highest BCUT2D eigenvalue weighted by molar-refractivity contribution is 6.31. The number of urea groups is 1. The second kappa shape index (κ2) is 6.78. The minimum Gasteiger partial charge on any atom is -0.478 e. The molecule has 0 spiro atoms. The van der Waals surface area contributed by atoms with Crippen molar-refractivity contribution in [1.29, 1.82) is 0 Å². The number of halogens is 1. The maximum Gasteiger partial charge on any atom is 0.337 e. The fourth-order valence-electron chi connectivity index (χ4n) is 2.41. The minimum atomic E-state index is -1.15. The highest BCUT2D eigenvalue weighted by atomic mass is 35.5. The van der Waals surface area contributed by atoms with Crippen molar-refractivity contribution >= 4 is 29.3 Å². The molecule has 0 aliphatic heterocycles. The number of benzene rings is 1. The van der Waals surface area contributed by atoms with E-state index in [4.69, 9.17) is 16.7 Å². The third-order valence-electron chi connectivity index (χ3n) is 3.51. The second-order valence-electron chi connectivity index (χ2n) is 5.05. The Bertz CT molecular complexity index is 550. The molecule has 0 aromatic heterocycles. The molecular formula is C14H17ClN2O4. The molecule has 1 aromatic rings. The van der Waals surface area contributed by atoms with Gasteiger partial charge in [0.1, 0.15) is 0 Å². The number of aliphatic hydroxyl groups excluding tert-OH is 1. The third kappa shape index (κ3) is 4.09. The summed E-state index contributed by atoms with van der Waals surface area (Å²) in [5.41, 5.74) is 0.0801. The quantitative estimate of drug-likeness (QED) is 0.689. The number of carboxylic acids is 1. The molecule has 0 saturated heterocycles. The predicted molar refractivity (Wildman–Crippen MR) is 78.8 cm³/mol. The molecule has 1 aromatic carbocycles. The van der Waals surface area contributed by atoms with E-state index < -0.39 is 18.1 Å². The Balaban J connectivity index is 2.05. The van der Waals surface area contributed by atoms with Gasteiger partial charge in [-0.15, -0.1) is 0 Å². The number of amides is 2. The highest BCUT2D eigenvalue weighted by Crippen LogP contribution is 2.22. The van der Waals surface area contributed by atoms with E-state index >= 15 is 0 Å². The number of aromatic carboxylic acids is 1. The van der Waals surface area contributed by atoms with E-state index in [1.807, 2.05) is 0 Å². The lowest BCUT2D eigenvalue weighted by Gasteiger charge is -2.28. The molecule has 2 unspecified atom stereocenters. The molecule has 7 heteroatoms. The lowest BCUT2D eigenvalue weighted by Crippen LogP contribution is -2.46. The molecular weight excluding hydrogens is 296 g/mol. The highest BCUT2D eigenvalue weighted by Gasteiger charge is 2.24. The van der Waals surface area contributed by atoms with Crippen molar-refractivity contribution in [3.63, 3.8) is 0 Å². The summed E-state index contributed by atoms with van der Waals surface area (Å²) in [6, 6.07) is 3.29. The van der Waals surface area contributed by atoms with Crippen molar-refractivity contribution in [3.05, 3.63) is 28.8 Å². The first-order valence-electron chi connectivity index (χ1n) is 6.76. The topological polar surface area (TPSA) is 98.7 Å². The van der Waals surface area contributed by atoms with Gasteiger partial charge in [0.25, 0.3) is 0 Å². The zero-order chi connectivity index (χ0) is 15.4. The number of carbonyl (C=O) groups excluding carboxylic acids is 1. The van der Waals surface area contributed by atoms with E-state index in [9.17, 15) is 14.7 Å². The van der Waals surface area contributed by atoms with Crippen LogP contribution in [0.15, 0.2) is 18.2 Å². The first-order valence-corrected chi connectivity index (χ1v) is 7.13. The van der Waals surface area contributed by atoms with Crippen LogP contribution >= 0.6 is 11.6 Å². The van der Waals surface area contributed by atoms with Gasteiger partial charge in [0.15, 0.2) is 0 Å². The van der Waals surface area contributed by atoms with Crippen molar-refractivity contribution in [1.82, 2.24) is 5.32 Å². The Morgan fingerprint density at radius 3 is 2.62 bits per heavy atom. The van der Waals surface area contributed by atoms with Crippen molar-refractivity contribution in [2.75, 3.05) is 5.32 Å². The summed E-state index contributed by atoms with van der Waals surface area (Å²) in [6.07, 6.45) is 2.68. The third-order valence-corrected chi connectivity index (χ3v) is 3.74. The molecule has 1 aliphatic rings. The molecule has 4 N–H and O–H groups in total. The number of rotatable bonds is 3. The zero-order valence-electron chi connectivity index (χ0n) is 11.3. The molecule has 2 amide bonds. The van der Waals surface area contributed by atoms with Crippen LogP contribution in [0.4, 0.5) is 10.5 Å². The van der Waals surface area contributed by atoms with Crippen LogP contribution in [0.1, 0.15) is 36.0 Å². The van der Waals surface area contributed by atoms with E-state index in [1.165, 1.54) is 18.2 Å². The Kier molecular flexibility index (Phi) is 5.03. The number of carbonyl (C=O) groups is 2. The van der Waals surface area contributed by atoms with Gasteiger partial charge >= 0.3 is 12.0 Å². The maximum absolute atomic E-state index is 11.9. The number of hydrogen-bond donors (Lipinski definition) is 4. The van der Waals surface area contributed by atoms with Gasteiger partial charge in [-0.25, -0.2) is 9.59 Å². The molecule has 0 heterocycles. The Labute approximate surface area is 127 Å². The summed E-state index contributed by atoms with van der Waals surface area (Å²) in [6.45, 7) is 0. The van der Waals surface area contributed by atoms with Gasteiger partial charge in [-0.3, -0.25) is 0 Å². The zero-order valence-corrected chi connectivity index (χ0v) is 12.1. The Morgan fingerprint density at radius 2 is 1.95 bits per heavy atom. The van der Waals surface area contributed by atoms with E-state index in [0.717, 1.165) is 12.8 Å². The normalized spacial score (nSPS) is 21.6. The summed E-state index contributed by atoms with van der Waals surface area (Å²) in [4.78, 5) is 23.0. The summed E-state index contributed by atoms with van der Waals surface area (Å²) in [5.74, 6) is -1.15. The standard InChI is InChI=1S/C14H17ClN2O4/c15-8-5-6-9(13(19)20)11(7-8)17-14(21)16-10-3-1-2-4-12(10)18/h5-7,10,12,18H,1-4H2,(H,19,20)(H2,16,17,21). The van der Waals surface area contributed by atoms with Gasteiger partial charge in [-0.2, -0.15) is 0 Å².